The van der Waals surface area contributed by atoms with Crippen molar-refractivity contribution in [2.45, 2.75) is 52.2 Å². The van der Waals surface area contributed by atoms with Crippen LogP contribution in [0.4, 0.5) is 8.78 Å². The van der Waals surface area contributed by atoms with Crippen molar-refractivity contribution in [3.63, 3.8) is 0 Å². The van der Waals surface area contributed by atoms with E-state index in [4.69, 9.17) is 4.52 Å². The molecule has 16 heavy (non-hydrogen) atoms. The van der Waals surface area contributed by atoms with Crippen LogP contribution in [-0.4, -0.2) is 16.2 Å². The zero-order valence-corrected chi connectivity index (χ0v) is 9.67. The molecule has 2 rings (SSSR count). The minimum Gasteiger partial charge on any atom is -0.339 e. The fraction of sp³-hybridized carbons (Fsp3) is 0.800. The summed E-state index contributed by atoms with van der Waals surface area (Å²) in [4.78, 5) is 3.94. The van der Waals surface area contributed by atoms with Crippen LogP contribution in [0.15, 0.2) is 4.52 Å². The maximum absolute atomic E-state index is 12.3. The third kappa shape index (κ3) is 4.22. The second-order valence-electron chi connectivity index (χ2n) is 3.42. The Morgan fingerprint density at radius 3 is 2.56 bits per heavy atom. The largest absolute Gasteiger partial charge is 0.353 e. The number of hydrogen-bond acceptors (Lipinski definition) is 4. The number of alkyl halides is 2. The maximum Gasteiger partial charge on any atom is 0.353 e. The minimum atomic E-state index is -3.15. The summed E-state index contributed by atoms with van der Waals surface area (Å²) in [6.45, 7) is 4.36. The van der Waals surface area contributed by atoms with E-state index in [0.29, 0.717) is 18.7 Å². The highest BCUT2D eigenvalue weighted by atomic mass is 19.3. The van der Waals surface area contributed by atoms with E-state index in [-0.39, 0.29) is 12.4 Å². The van der Waals surface area contributed by atoms with Crippen LogP contribution in [0, 0.1) is 0 Å². The lowest BCUT2D eigenvalue weighted by Crippen LogP contribution is -2.15. The lowest BCUT2D eigenvalue weighted by atomic mass is 10.4. The van der Waals surface area contributed by atoms with Crippen molar-refractivity contribution in [3.8, 4) is 0 Å². The molecule has 0 amide bonds. The van der Waals surface area contributed by atoms with Crippen molar-refractivity contribution < 1.29 is 18.0 Å². The topological polar surface area (TPSA) is 48.2 Å². The Morgan fingerprint density at radius 1 is 1.44 bits per heavy atom. The van der Waals surface area contributed by atoms with E-state index in [1.54, 1.807) is 0 Å². The molecule has 1 aromatic heterocycles. The van der Waals surface area contributed by atoms with E-state index in [1.165, 1.54) is 0 Å². The molecule has 0 bridgehead atoms. The molecule has 6 heteroatoms. The van der Waals surface area contributed by atoms with E-state index in [0.717, 1.165) is 12.8 Å². The summed E-state index contributed by atoms with van der Waals surface area (Å²) in [7, 11) is 0. The highest BCUT2D eigenvalue weighted by molar-refractivity contribution is 5.01. The van der Waals surface area contributed by atoms with Crippen molar-refractivity contribution >= 4 is 0 Å². The molecule has 0 spiro atoms. The standard InChI is InChI=1S/C8H10F2N2O2.C2H6/c1-8(9,10)13-4-6-11-7(14-12-6)5-2-3-5;1-2/h5H,2-4H2,1H3;1-2H3. The van der Waals surface area contributed by atoms with Crippen LogP contribution >= 0.6 is 0 Å². The highest BCUT2D eigenvalue weighted by Gasteiger charge is 2.30. The molecule has 1 aliphatic carbocycles. The van der Waals surface area contributed by atoms with Crippen LogP contribution in [0.1, 0.15) is 51.2 Å². The van der Waals surface area contributed by atoms with Gasteiger partial charge in [-0.25, -0.2) is 0 Å². The van der Waals surface area contributed by atoms with Crippen molar-refractivity contribution in [1.29, 1.82) is 0 Å². The summed E-state index contributed by atoms with van der Waals surface area (Å²) >= 11 is 0. The fourth-order valence-electron chi connectivity index (χ4n) is 1.01. The van der Waals surface area contributed by atoms with Crippen LogP contribution in [0.3, 0.4) is 0 Å². The van der Waals surface area contributed by atoms with Crippen molar-refractivity contribution in [1.82, 2.24) is 10.1 Å². The second kappa shape index (κ2) is 5.34. The van der Waals surface area contributed by atoms with Crippen molar-refractivity contribution in [2.75, 3.05) is 0 Å². The Labute approximate surface area is 93.0 Å². The number of nitrogens with zero attached hydrogens (tertiary/aromatic N) is 2. The molecule has 0 unspecified atom stereocenters. The van der Waals surface area contributed by atoms with Gasteiger partial charge in [0.2, 0.25) is 5.89 Å². The normalized spacial score (nSPS) is 15.6. The van der Waals surface area contributed by atoms with Gasteiger partial charge in [0, 0.05) is 12.8 Å². The van der Waals surface area contributed by atoms with Gasteiger partial charge >= 0.3 is 6.11 Å². The third-order valence-electron chi connectivity index (χ3n) is 1.87. The van der Waals surface area contributed by atoms with Crippen LogP contribution in [0.2, 0.25) is 0 Å². The molecule has 0 saturated heterocycles. The lowest BCUT2D eigenvalue weighted by molar-refractivity contribution is -0.232. The summed E-state index contributed by atoms with van der Waals surface area (Å²) in [5, 5.41) is 3.54. The SMILES string of the molecule is CC.CC(F)(F)OCc1noc(C2CC2)n1. The predicted molar refractivity (Wildman–Crippen MR) is 53.0 cm³/mol. The zero-order chi connectivity index (χ0) is 12.2. The molecule has 0 atom stereocenters. The fourth-order valence-corrected chi connectivity index (χ4v) is 1.01. The van der Waals surface area contributed by atoms with E-state index in [9.17, 15) is 8.78 Å². The van der Waals surface area contributed by atoms with Crippen LogP contribution in [0.5, 0.6) is 0 Å². The highest BCUT2D eigenvalue weighted by Crippen LogP contribution is 2.38. The molecule has 1 aliphatic rings. The third-order valence-corrected chi connectivity index (χ3v) is 1.87. The molecule has 0 radical (unpaired) electrons. The van der Waals surface area contributed by atoms with Gasteiger partial charge in [0.05, 0.1) is 0 Å². The monoisotopic (exact) mass is 234 g/mol. The van der Waals surface area contributed by atoms with E-state index in [2.05, 4.69) is 14.9 Å². The van der Waals surface area contributed by atoms with Gasteiger partial charge in [0.15, 0.2) is 5.82 Å². The smallest absolute Gasteiger partial charge is 0.339 e. The molecular weight excluding hydrogens is 218 g/mol. The first-order chi connectivity index (χ1) is 7.54. The van der Waals surface area contributed by atoms with Gasteiger partial charge in [0.25, 0.3) is 0 Å². The van der Waals surface area contributed by atoms with Crippen LogP contribution in [-0.2, 0) is 11.3 Å². The lowest BCUT2D eigenvalue weighted by Gasteiger charge is -2.08. The van der Waals surface area contributed by atoms with Crippen LogP contribution in [0.25, 0.3) is 0 Å². The Balaban J connectivity index is 0.000000606. The summed E-state index contributed by atoms with van der Waals surface area (Å²) in [6.07, 6.45) is -1.08. The molecule has 0 N–H and O–H groups in total. The average Bonchev–Trinajstić information content (AvgIpc) is 2.97. The Hall–Kier alpha value is -1.04. The second-order valence-corrected chi connectivity index (χ2v) is 3.42. The predicted octanol–water partition coefficient (Wildman–Crippen LogP) is 3.10. The van der Waals surface area contributed by atoms with Gasteiger partial charge in [-0.1, -0.05) is 19.0 Å². The summed E-state index contributed by atoms with van der Waals surface area (Å²) in [5.41, 5.74) is 0. The van der Waals surface area contributed by atoms with Crippen molar-refractivity contribution in [2.24, 2.45) is 0 Å². The Bertz CT molecular complexity index is 319. The van der Waals surface area contributed by atoms with Gasteiger partial charge in [-0.2, -0.15) is 13.8 Å². The van der Waals surface area contributed by atoms with Gasteiger partial charge in [-0.05, 0) is 12.8 Å². The molecule has 0 aromatic carbocycles. The van der Waals surface area contributed by atoms with Gasteiger partial charge in [-0.3, -0.25) is 0 Å². The van der Waals surface area contributed by atoms with Crippen LogP contribution < -0.4 is 0 Å². The molecule has 1 heterocycles. The first-order valence-electron chi connectivity index (χ1n) is 5.39. The summed E-state index contributed by atoms with van der Waals surface area (Å²) in [5.74, 6) is 1.04. The molecular formula is C10H16F2N2O2. The molecule has 92 valence electrons. The molecule has 4 nitrogen and oxygen atoms in total. The maximum atomic E-state index is 12.3. The van der Waals surface area contributed by atoms with Crippen molar-refractivity contribution in [3.05, 3.63) is 11.7 Å². The molecule has 1 aromatic rings. The minimum absolute atomic E-state index is 0.174. The Kier molecular flexibility index (Phi) is 4.35. The molecule has 1 saturated carbocycles. The summed E-state index contributed by atoms with van der Waals surface area (Å²) in [6, 6.07) is 0. The number of rotatable bonds is 4. The van der Waals surface area contributed by atoms with E-state index < -0.39 is 6.11 Å². The molecule has 1 fully saturated rings. The van der Waals surface area contributed by atoms with E-state index in [1.807, 2.05) is 13.8 Å². The number of hydrogen-bond donors (Lipinski definition) is 0. The Morgan fingerprint density at radius 2 is 2.06 bits per heavy atom. The summed E-state index contributed by atoms with van der Waals surface area (Å²) < 4.78 is 33.6. The molecule has 0 aliphatic heterocycles. The van der Waals surface area contributed by atoms with E-state index >= 15 is 0 Å². The quantitative estimate of drug-likeness (QED) is 0.803. The first kappa shape index (κ1) is 13.0. The number of ether oxygens (including phenoxy) is 1. The zero-order valence-electron chi connectivity index (χ0n) is 9.67. The first-order valence-corrected chi connectivity index (χ1v) is 5.39. The van der Waals surface area contributed by atoms with Gasteiger partial charge in [-0.15, -0.1) is 0 Å². The van der Waals surface area contributed by atoms with Gasteiger partial charge < -0.3 is 9.26 Å². The average molecular weight is 234 g/mol. The van der Waals surface area contributed by atoms with Gasteiger partial charge in [0.1, 0.15) is 6.61 Å². The number of aromatic nitrogens is 2. The number of halogens is 2.